The molecule has 0 N–H and O–H groups in total. The zero-order valence-electron chi connectivity index (χ0n) is 8.37. The highest BCUT2D eigenvalue weighted by atomic mass is 19.1. The molecule has 0 atom stereocenters. The predicted octanol–water partition coefficient (Wildman–Crippen LogP) is 1.27. The molecule has 1 heterocycles. The van der Waals surface area contributed by atoms with E-state index >= 15 is 0 Å². The first-order valence-electron chi connectivity index (χ1n) is 4.79. The Hall–Kier alpha value is -1.78. The largest absolute Gasteiger partial charge is 0.331 e. The van der Waals surface area contributed by atoms with Gasteiger partial charge in [0.1, 0.15) is 11.6 Å². The topological polar surface area (TPSA) is 37.4 Å². The summed E-state index contributed by atoms with van der Waals surface area (Å²) in [4.78, 5) is 23.5. The number of carbonyl (C=O) groups excluding carboxylic acids is 2. The Labute approximate surface area is 90.7 Å². The third-order valence-electron chi connectivity index (χ3n) is 2.44. The number of likely N-dealkylation sites (tertiary alicyclic amines) is 1. The minimum atomic E-state index is -0.575. The molecule has 2 rings (SSSR count). The van der Waals surface area contributed by atoms with Crippen molar-refractivity contribution in [1.29, 1.82) is 0 Å². The van der Waals surface area contributed by atoms with Crippen LogP contribution >= 0.6 is 0 Å². The minimum absolute atomic E-state index is 0.0191. The fourth-order valence-electron chi connectivity index (χ4n) is 1.65. The van der Waals surface area contributed by atoms with E-state index < -0.39 is 11.6 Å². The zero-order valence-corrected chi connectivity index (χ0v) is 8.37. The lowest BCUT2D eigenvalue weighted by molar-refractivity contribution is -0.128. The summed E-state index contributed by atoms with van der Waals surface area (Å²) in [5.41, 5.74) is 0.0862. The number of benzene rings is 1. The molecule has 1 amide bonds. The summed E-state index contributed by atoms with van der Waals surface area (Å²) >= 11 is 0. The first-order valence-corrected chi connectivity index (χ1v) is 4.79. The lowest BCUT2D eigenvalue weighted by atomic mass is 10.2. The summed E-state index contributed by atoms with van der Waals surface area (Å²) in [6.45, 7) is -0.0804. The molecule has 0 aromatic heterocycles. The molecule has 1 fully saturated rings. The summed E-state index contributed by atoms with van der Waals surface area (Å²) in [5, 5.41) is 0. The minimum Gasteiger partial charge on any atom is -0.331 e. The Balaban J connectivity index is 2.18. The van der Waals surface area contributed by atoms with Crippen molar-refractivity contribution in [2.75, 3.05) is 6.54 Å². The second-order valence-electron chi connectivity index (χ2n) is 3.70. The Kier molecular flexibility index (Phi) is 2.68. The van der Waals surface area contributed by atoms with Gasteiger partial charge in [0.15, 0.2) is 5.78 Å². The monoisotopic (exact) mass is 225 g/mol. The Bertz CT molecular complexity index is 459. The van der Waals surface area contributed by atoms with E-state index in [1.165, 1.54) is 4.90 Å². The second kappa shape index (κ2) is 4.00. The van der Waals surface area contributed by atoms with Crippen molar-refractivity contribution in [2.45, 2.75) is 13.0 Å². The number of amides is 1. The van der Waals surface area contributed by atoms with Gasteiger partial charge < -0.3 is 4.90 Å². The number of hydrogen-bond donors (Lipinski definition) is 0. The molecule has 0 saturated carbocycles. The lowest BCUT2D eigenvalue weighted by Gasteiger charge is -2.14. The van der Waals surface area contributed by atoms with Gasteiger partial charge in [-0.05, 0) is 18.2 Å². The van der Waals surface area contributed by atoms with Gasteiger partial charge in [-0.3, -0.25) is 9.59 Å². The maximum Gasteiger partial charge on any atom is 0.230 e. The van der Waals surface area contributed by atoms with E-state index in [0.29, 0.717) is 0 Å². The average molecular weight is 225 g/mol. The molecule has 3 nitrogen and oxygen atoms in total. The quantitative estimate of drug-likeness (QED) is 0.711. The van der Waals surface area contributed by atoms with Crippen molar-refractivity contribution in [3.05, 3.63) is 35.4 Å². The molecular weight excluding hydrogens is 216 g/mol. The molecule has 0 radical (unpaired) electrons. The smallest absolute Gasteiger partial charge is 0.230 e. The lowest BCUT2D eigenvalue weighted by Crippen LogP contribution is -2.25. The van der Waals surface area contributed by atoms with Crippen LogP contribution in [0.25, 0.3) is 0 Å². The molecule has 84 valence electrons. The highest BCUT2D eigenvalue weighted by molar-refractivity contribution is 6.05. The summed E-state index contributed by atoms with van der Waals surface area (Å²) < 4.78 is 26.1. The van der Waals surface area contributed by atoms with Crippen molar-refractivity contribution < 1.29 is 18.4 Å². The predicted molar refractivity (Wildman–Crippen MR) is 51.4 cm³/mol. The van der Waals surface area contributed by atoms with Gasteiger partial charge in [0.2, 0.25) is 5.91 Å². The first kappa shape index (κ1) is 10.7. The number of ketones is 1. The van der Waals surface area contributed by atoms with E-state index in [9.17, 15) is 18.4 Å². The zero-order chi connectivity index (χ0) is 11.7. The van der Waals surface area contributed by atoms with Crippen molar-refractivity contribution in [2.24, 2.45) is 0 Å². The number of hydrogen-bond acceptors (Lipinski definition) is 2. The molecular formula is C11H9F2NO2. The molecule has 1 aliphatic rings. The molecule has 1 aromatic carbocycles. The van der Waals surface area contributed by atoms with Crippen molar-refractivity contribution in [3.8, 4) is 0 Å². The SMILES string of the molecule is O=C1CC(=O)N(Cc2cc(F)ccc2F)C1. The van der Waals surface area contributed by atoms with Crippen LogP contribution in [0.2, 0.25) is 0 Å². The number of rotatable bonds is 2. The summed E-state index contributed by atoms with van der Waals surface area (Å²) in [6, 6.07) is 3.05. The van der Waals surface area contributed by atoms with Crippen molar-refractivity contribution in [1.82, 2.24) is 4.90 Å². The van der Waals surface area contributed by atoms with Crippen LogP contribution < -0.4 is 0 Å². The van der Waals surface area contributed by atoms with Gasteiger partial charge in [0, 0.05) is 12.1 Å². The van der Waals surface area contributed by atoms with Crippen LogP contribution in [-0.4, -0.2) is 23.1 Å². The van der Waals surface area contributed by atoms with Crippen LogP contribution in [0, 0.1) is 11.6 Å². The molecule has 0 spiro atoms. The van der Waals surface area contributed by atoms with Gasteiger partial charge in [-0.1, -0.05) is 0 Å². The van der Waals surface area contributed by atoms with Crippen molar-refractivity contribution in [3.63, 3.8) is 0 Å². The number of nitrogens with zero attached hydrogens (tertiary/aromatic N) is 1. The molecule has 0 aliphatic carbocycles. The van der Waals surface area contributed by atoms with E-state index in [4.69, 9.17) is 0 Å². The number of Topliss-reactive ketones (excluding diaryl/α,β-unsaturated/α-hetero) is 1. The van der Waals surface area contributed by atoms with E-state index in [1.807, 2.05) is 0 Å². The van der Waals surface area contributed by atoms with Gasteiger partial charge in [-0.25, -0.2) is 8.78 Å². The third-order valence-corrected chi connectivity index (χ3v) is 2.44. The van der Waals surface area contributed by atoms with E-state index in [0.717, 1.165) is 18.2 Å². The maximum absolute atomic E-state index is 13.3. The number of halogens is 2. The van der Waals surface area contributed by atoms with Crippen LogP contribution in [0.5, 0.6) is 0 Å². The standard InChI is InChI=1S/C11H9F2NO2/c12-8-1-2-10(13)7(3-8)5-14-6-9(15)4-11(14)16/h1-3H,4-6H2. The van der Waals surface area contributed by atoms with Gasteiger partial charge >= 0.3 is 0 Å². The van der Waals surface area contributed by atoms with Crippen LogP contribution in [-0.2, 0) is 16.1 Å². The molecule has 1 saturated heterocycles. The molecule has 5 heteroatoms. The van der Waals surface area contributed by atoms with Gasteiger partial charge in [0.25, 0.3) is 0 Å². The third kappa shape index (κ3) is 2.08. The highest BCUT2D eigenvalue weighted by Crippen LogP contribution is 2.15. The van der Waals surface area contributed by atoms with Crippen LogP contribution in [0.4, 0.5) is 8.78 Å². The van der Waals surface area contributed by atoms with Gasteiger partial charge in [-0.2, -0.15) is 0 Å². The van der Waals surface area contributed by atoms with Crippen molar-refractivity contribution >= 4 is 11.7 Å². The molecule has 0 bridgehead atoms. The highest BCUT2D eigenvalue weighted by Gasteiger charge is 2.27. The molecule has 16 heavy (non-hydrogen) atoms. The summed E-state index contributed by atoms with van der Waals surface area (Å²) in [5.74, 6) is -1.67. The Morgan fingerprint density at radius 2 is 2.00 bits per heavy atom. The summed E-state index contributed by atoms with van der Waals surface area (Å²) in [7, 11) is 0. The number of carbonyl (C=O) groups is 2. The van der Waals surface area contributed by atoms with E-state index in [1.54, 1.807) is 0 Å². The normalized spacial score (nSPS) is 16.0. The maximum atomic E-state index is 13.3. The fraction of sp³-hybridized carbons (Fsp3) is 0.273. The average Bonchev–Trinajstić information content (AvgIpc) is 2.51. The molecule has 1 aliphatic heterocycles. The van der Waals surface area contributed by atoms with E-state index in [2.05, 4.69) is 0 Å². The first-order chi connectivity index (χ1) is 7.56. The molecule has 1 aromatic rings. The second-order valence-corrected chi connectivity index (χ2v) is 3.70. The Morgan fingerprint density at radius 1 is 1.25 bits per heavy atom. The van der Waals surface area contributed by atoms with Gasteiger partial charge in [0.05, 0.1) is 13.0 Å². The van der Waals surface area contributed by atoms with Crippen LogP contribution in [0.15, 0.2) is 18.2 Å². The Morgan fingerprint density at radius 3 is 2.62 bits per heavy atom. The summed E-state index contributed by atoms with van der Waals surface area (Å²) in [6.07, 6.45) is -0.142. The fourth-order valence-corrected chi connectivity index (χ4v) is 1.65. The van der Waals surface area contributed by atoms with Gasteiger partial charge in [-0.15, -0.1) is 0 Å². The van der Waals surface area contributed by atoms with Crippen LogP contribution in [0.1, 0.15) is 12.0 Å². The molecule has 0 unspecified atom stereocenters. The van der Waals surface area contributed by atoms with Crippen LogP contribution in [0.3, 0.4) is 0 Å². The van der Waals surface area contributed by atoms with E-state index in [-0.39, 0.29) is 36.8 Å².